The Morgan fingerprint density at radius 1 is 1.22 bits per heavy atom. The fourth-order valence-corrected chi connectivity index (χ4v) is 1.74. The standard InChI is InChI=1S/C6H11IO2/c7-5-2-1-4(8)3-6(5)9/h4-6,8-9H,1-3H2/t4-,5-,6-/m1/s1. The summed E-state index contributed by atoms with van der Waals surface area (Å²) < 4.78 is 0.353. The van der Waals surface area contributed by atoms with E-state index in [2.05, 4.69) is 22.6 Å². The van der Waals surface area contributed by atoms with Gasteiger partial charge in [-0.15, -0.1) is 0 Å². The van der Waals surface area contributed by atoms with Crippen LogP contribution in [0, 0.1) is 0 Å². The summed E-state index contributed by atoms with van der Waals surface area (Å²) in [5.74, 6) is 0. The minimum Gasteiger partial charge on any atom is -0.393 e. The molecule has 0 aromatic carbocycles. The molecule has 2 nitrogen and oxygen atoms in total. The summed E-state index contributed by atoms with van der Waals surface area (Å²) >= 11 is 2.23. The molecule has 0 amide bonds. The van der Waals surface area contributed by atoms with E-state index in [0.29, 0.717) is 10.3 Å². The maximum Gasteiger partial charge on any atom is 0.0682 e. The maximum absolute atomic E-state index is 9.18. The van der Waals surface area contributed by atoms with Gasteiger partial charge in [0.05, 0.1) is 12.2 Å². The van der Waals surface area contributed by atoms with E-state index < -0.39 is 0 Å². The first-order valence-corrected chi connectivity index (χ1v) is 4.45. The lowest BCUT2D eigenvalue weighted by Crippen LogP contribution is -2.31. The van der Waals surface area contributed by atoms with Crippen molar-refractivity contribution in [2.45, 2.75) is 35.4 Å². The van der Waals surface area contributed by atoms with Crippen LogP contribution in [0.25, 0.3) is 0 Å². The third-order valence-electron chi connectivity index (χ3n) is 1.71. The molecule has 1 aliphatic rings. The molecule has 1 aliphatic carbocycles. The molecule has 0 aromatic heterocycles. The van der Waals surface area contributed by atoms with Crippen LogP contribution in [0.3, 0.4) is 0 Å². The molecule has 54 valence electrons. The molecule has 0 bridgehead atoms. The molecule has 1 saturated carbocycles. The first kappa shape index (κ1) is 7.75. The van der Waals surface area contributed by atoms with Crippen LogP contribution in [-0.4, -0.2) is 26.3 Å². The van der Waals surface area contributed by atoms with Gasteiger partial charge in [-0.25, -0.2) is 0 Å². The molecule has 0 aromatic rings. The number of aliphatic hydroxyl groups is 2. The zero-order valence-electron chi connectivity index (χ0n) is 5.13. The third kappa shape index (κ3) is 2.05. The lowest BCUT2D eigenvalue weighted by molar-refractivity contribution is 0.0483. The Balaban J connectivity index is 2.35. The second kappa shape index (κ2) is 3.16. The smallest absolute Gasteiger partial charge is 0.0682 e. The molecule has 2 N–H and O–H groups in total. The van der Waals surface area contributed by atoms with E-state index in [1.54, 1.807) is 0 Å². The molecule has 0 heterocycles. The molecule has 1 fully saturated rings. The highest BCUT2D eigenvalue weighted by molar-refractivity contribution is 14.1. The zero-order valence-corrected chi connectivity index (χ0v) is 7.28. The second-order valence-corrected chi connectivity index (χ2v) is 4.15. The molecule has 0 spiro atoms. The van der Waals surface area contributed by atoms with Crippen molar-refractivity contribution in [2.75, 3.05) is 0 Å². The average molecular weight is 242 g/mol. The molecule has 3 atom stereocenters. The molecule has 9 heavy (non-hydrogen) atoms. The lowest BCUT2D eigenvalue weighted by Gasteiger charge is -2.26. The van der Waals surface area contributed by atoms with Crippen LogP contribution in [0.5, 0.6) is 0 Å². The van der Waals surface area contributed by atoms with E-state index in [1.165, 1.54) is 0 Å². The van der Waals surface area contributed by atoms with Crippen LogP contribution in [0.1, 0.15) is 19.3 Å². The molecule has 3 heteroatoms. The third-order valence-corrected chi connectivity index (χ3v) is 3.16. The van der Waals surface area contributed by atoms with Gasteiger partial charge in [0.25, 0.3) is 0 Å². The van der Waals surface area contributed by atoms with Gasteiger partial charge in [-0.3, -0.25) is 0 Å². The van der Waals surface area contributed by atoms with Gasteiger partial charge in [0.15, 0.2) is 0 Å². The molecule has 1 rings (SSSR count). The van der Waals surface area contributed by atoms with Crippen molar-refractivity contribution >= 4 is 22.6 Å². The van der Waals surface area contributed by atoms with Crippen LogP contribution >= 0.6 is 22.6 Å². The summed E-state index contributed by atoms with van der Waals surface area (Å²) in [4.78, 5) is 0. The van der Waals surface area contributed by atoms with E-state index in [0.717, 1.165) is 12.8 Å². The molecule has 0 unspecified atom stereocenters. The molecular weight excluding hydrogens is 231 g/mol. The van der Waals surface area contributed by atoms with Gasteiger partial charge in [0.2, 0.25) is 0 Å². The monoisotopic (exact) mass is 242 g/mol. The van der Waals surface area contributed by atoms with Crippen LogP contribution in [0.15, 0.2) is 0 Å². The lowest BCUT2D eigenvalue weighted by atomic mass is 9.95. The maximum atomic E-state index is 9.18. The van der Waals surface area contributed by atoms with Gasteiger partial charge in [0.1, 0.15) is 0 Å². The molecule has 0 saturated heterocycles. The number of rotatable bonds is 0. The van der Waals surface area contributed by atoms with E-state index in [1.807, 2.05) is 0 Å². The topological polar surface area (TPSA) is 40.5 Å². The van der Waals surface area contributed by atoms with Crippen LogP contribution in [0.2, 0.25) is 0 Å². The first-order chi connectivity index (χ1) is 4.20. The molecular formula is C6H11IO2. The van der Waals surface area contributed by atoms with Gasteiger partial charge >= 0.3 is 0 Å². The van der Waals surface area contributed by atoms with E-state index >= 15 is 0 Å². The van der Waals surface area contributed by atoms with Crippen molar-refractivity contribution in [1.82, 2.24) is 0 Å². The van der Waals surface area contributed by atoms with E-state index in [-0.39, 0.29) is 12.2 Å². The van der Waals surface area contributed by atoms with Crippen LogP contribution in [-0.2, 0) is 0 Å². The van der Waals surface area contributed by atoms with Gasteiger partial charge in [0, 0.05) is 10.3 Å². The first-order valence-electron chi connectivity index (χ1n) is 3.20. The Kier molecular flexibility index (Phi) is 2.73. The van der Waals surface area contributed by atoms with Gasteiger partial charge in [-0.1, -0.05) is 22.6 Å². The summed E-state index contributed by atoms with van der Waals surface area (Å²) in [6.07, 6.45) is 1.82. The highest BCUT2D eigenvalue weighted by atomic mass is 127. The van der Waals surface area contributed by atoms with Crippen molar-refractivity contribution in [1.29, 1.82) is 0 Å². The number of alkyl halides is 1. The van der Waals surface area contributed by atoms with Crippen LogP contribution < -0.4 is 0 Å². The van der Waals surface area contributed by atoms with Gasteiger partial charge in [-0.2, -0.15) is 0 Å². The number of aliphatic hydroxyl groups excluding tert-OH is 2. The highest BCUT2D eigenvalue weighted by Gasteiger charge is 2.25. The minimum absolute atomic E-state index is 0.258. The number of hydrogen-bond donors (Lipinski definition) is 2. The fourth-order valence-electron chi connectivity index (χ4n) is 1.09. The molecule has 0 radical (unpaired) electrons. The van der Waals surface area contributed by atoms with Crippen molar-refractivity contribution in [3.8, 4) is 0 Å². The van der Waals surface area contributed by atoms with Crippen molar-refractivity contribution in [2.24, 2.45) is 0 Å². The SMILES string of the molecule is O[C@@H]1CC[C@@H](I)[C@H](O)C1. The average Bonchev–Trinajstić information content (AvgIpc) is 1.80. The minimum atomic E-state index is -0.283. The fraction of sp³-hybridized carbons (Fsp3) is 1.00. The highest BCUT2D eigenvalue weighted by Crippen LogP contribution is 2.24. The predicted molar refractivity (Wildman–Crippen MR) is 43.7 cm³/mol. The summed E-state index contributed by atoms with van der Waals surface area (Å²) in [5, 5.41) is 18.2. The quantitative estimate of drug-likeness (QED) is 0.484. The predicted octanol–water partition coefficient (Wildman–Crippen LogP) is 0.696. The Morgan fingerprint density at radius 2 is 1.89 bits per heavy atom. The summed E-state index contributed by atoms with van der Waals surface area (Å²) in [5.41, 5.74) is 0. The van der Waals surface area contributed by atoms with Crippen LogP contribution in [0.4, 0.5) is 0 Å². The van der Waals surface area contributed by atoms with Crippen molar-refractivity contribution in [3.05, 3.63) is 0 Å². The summed E-state index contributed by atoms with van der Waals surface area (Å²) in [6, 6.07) is 0. The Labute approximate surface area is 68.4 Å². The number of halogens is 1. The van der Waals surface area contributed by atoms with Gasteiger partial charge in [-0.05, 0) is 12.8 Å². The normalized spacial score (nSPS) is 45.0. The van der Waals surface area contributed by atoms with Gasteiger partial charge < -0.3 is 10.2 Å². The summed E-state index contributed by atoms with van der Waals surface area (Å²) in [7, 11) is 0. The Bertz CT molecular complexity index is 97.1. The number of hydrogen-bond acceptors (Lipinski definition) is 2. The molecule has 0 aliphatic heterocycles. The Hall–Kier alpha value is 0.650. The van der Waals surface area contributed by atoms with E-state index in [9.17, 15) is 5.11 Å². The largest absolute Gasteiger partial charge is 0.393 e. The van der Waals surface area contributed by atoms with Crippen molar-refractivity contribution < 1.29 is 10.2 Å². The van der Waals surface area contributed by atoms with E-state index in [4.69, 9.17) is 5.11 Å². The van der Waals surface area contributed by atoms with Crippen molar-refractivity contribution in [3.63, 3.8) is 0 Å². The summed E-state index contributed by atoms with van der Waals surface area (Å²) in [6.45, 7) is 0. The second-order valence-electron chi connectivity index (χ2n) is 2.55. The zero-order chi connectivity index (χ0) is 6.85. The Morgan fingerprint density at radius 3 is 2.33 bits per heavy atom.